The fourth-order valence-corrected chi connectivity index (χ4v) is 4.26. The predicted molar refractivity (Wildman–Crippen MR) is 117 cm³/mol. The van der Waals surface area contributed by atoms with E-state index in [0.717, 1.165) is 55.0 Å². The second kappa shape index (κ2) is 9.37. The number of oxazole rings is 1. The summed E-state index contributed by atoms with van der Waals surface area (Å²) in [5.74, 6) is 2.49. The maximum atomic E-state index is 13.1. The molecule has 4 rings (SSSR count). The molecular weight excluding hydrogens is 392 g/mol. The average molecular weight is 423 g/mol. The van der Waals surface area contributed by atoms with Crippen LogP contribution in [-0.2, 0) is 19.9 Å². The summed E-state index contributed by atoms with van der Waals surface area (Å²) in [6, 6.07) is 9.84. The van der Waals surface area contributed by atoms with E-state index in [0.29, 0.717) is 24.6 Å². The first-order chi connectivity index (χ1) is 15.1. The number of aryl methyl sites for hydroxylation is 2. The summed E-state index contributed by atoms with van der Waals surface area (Å²) in [5.41, 5.74) is 2.68. The molecule has 2 aromatic heterocycles. The predicted octanol–water partition coefficient (Wildman–Crippen LogP) is 3.98. The molecular formula is C24H30N4O3. The van der Waals surface area contributed by atoms with E-state index in [1.54, 1.807) is 18.0 Å². The van der Waals surface area contributed by atoms with Gasteiger partial charge in [-0.25, -0.2) is 4.98 Å². The van der Waals surface area contributed by atoms with Gasteiger partial charge in [-0.1, -0.05) is 31.5 Å². The summed E-state index contributed by atoms with van der Waals surface area (Å²) in [6.07, 6.45) is 6.21. The maximum Gasteiger partial charge on any atom is 0.272 e. The van der Waals surface area contributed by atoms with Crippen molar-refractivity contribution in [1.82, 2.24) is 19.7 Å². The molecule has 3 aromatic rings. The van der Waals surface area contributed by atoms with Crippen molar-refractivity contribution in [2.45, 2.75) is 44.9 Å². The Labute approximate surface area is 183 Å². The number of aromatic nitrogens is 3. The van der Waals surface area contributed by atoms with Crippen LogP contribution in [0, 0.1) is 0 Å². The fourth-order valence-electron chi connectivity index (χ4n) is 4.26. The van der Waals surface area contributed by atoms with Crippen molar-refractivity contribution < 1.29 is 13.9 Å². The number of ether oxygens (including phenoxy) is 1. The zero-order chi connectivity index (χ0) is 21.8. The number of rotatable bonds is 7. The lowest BCUT2D eigenvalue weighted by Gasteiger charge is -2.31. The van der Waals surface area contributed by atoms with Gasteiger partial charge in [0.05, 0.1) is 24.9 Å². The van der Waals surface area contributed by atoms with Crippen LogP contribution in [0.3, 0.4) is 0 Å². The van der Waals surface area contributed by atoms with E-state index in [1.165, 1.54) is 0 Å². The number of nitrogens with zero attached hydrogens (tertiary/aromatic N) is 4. The Balaban J connectivity index is 1.45. The molecule has 1 aliphatic heterocycles. The Bertz CT molecular complexity index is 1040. The number of carbonyl (C=O) groups is 1. The van der Waals surface area contributed by atoms with Crippen molar-refractivity contribution in [2.75, 3.05) is 20.2 Å². The number of hydrogen-bond acceptors (Lipinski definition) is 5. The lowest BCUT2D eigenvalue weighted by Crippen LogP contribution is -2.40. The number of para-hydroxylation sites is 1. The first-order valence-electron chi connectivity index (χ1n) is 11.0. The zero-order valence-corrected chi connectivity index (χ0v) is 18.5. The van der Waals surface area contributed by atoms with Gasteiger partial charge in [0.15, 0.2) is 5.89 Å². The van der Waals surface area contributed by atoms with Gasteiger partial charge in [-0.15, -0.1) is 0 Å². The number of likely N-dealkylation sites (tertiary alicyclic amines) is 1. The van der Waals surface area contributed by atoms with Crippen LogP contribution in [0.4, 0.5) is 0 Å². The standard InChI is InChI=1S/C24H30N4O3/c1-4-8-19-14-21(27(2)26-19)24(29)28-12-7-10-18(16-28)23-25-15-20(31-23)13-17-9-5-6-11-22(17)30-3/h5-6,9,11,14-15,18H,4,7-8,10,12-13,16H2,1-3H3. The highest BCUT2D eigenvalue weighted by Gasteiger charge is 2.30. The van der Waals surface area contributed by atoms with Crippen molar-refractivity contribution in [2.24, 2.45) is 7.05 Å². The minimum absolute atomic E-state index is 0.0304. The lowest BCUT2D eigenvalue weighted by molar-refractivity contribution is 0.0686. The highest BCUT2D eigenvalue weighted by atomic mass is 16.5. The van der Waals surface area contributed by atoms with Crippen LogP contribution in [0.15, 0.2) is 40.9 Å². The van der Waals surface area contributed by atoms with Crippen LogP contribution in [0.25, 0.3) is 0 Å². The Hall–Kier alpha value is -3.09. The quantitative estimate of drug-likeness (QED) is 0.576. The smallest absolute Gasteiger partial charge is 0.272 e. The molecule has 0 radical (unpaired) electrons. The first kappa shape index (κ1) is 21.2. The summed E-state index contributed by atoms with van der Waals surface area (Å²) in [6.45, 7) is 3.48. The van der Waals surface area contributed by atoms with Crippen LogP contribution >= 0.6 is 0 Å². The van der Waals surface area contributed by atoms with Crippen LogP contribution < -0.4 is 4.74 Å². The molecule has 31 heavy (non-hydrogen) atoms. The van der Waals surface area contributed by atoms with E-state index in [1.807, 2.05) is 42.3 Å². The molecule has 7 nitrogen and oxygen atoms in total. The van der Waals surface area contributed by atoms with Crippen molar-refractivity contribution in [3.63, 3.8) is 0 Å². The SMILES string of the molecule is CCCc1cc(C(=O)N2CCCC(c3ncc(Cc4ccccc4OC)o3)C2)n(C)n1. The molecule has 1 aromatic carbocycles. The van der Waals surface area contributed by atoms with Gasteiger partial charge in [0, 0.05) is 32.1 Å². The largest absolute Gasteiger partial charge is 0.496 e. The summed E-state index contributed by atoms with van der Waals surface area (Å²) in [5, 5.41) is 4.48. The number of piperidine rings is 1. The first-order valence-corrected chi connectivity index (χ1v) is 11.0. The van der Waals surface area contributed by atoms with Gasteiger partial charge in [0.25, 0.3) is 5.91 Å². The number of amides is 1. The third-order valence-electron chi connectivity index (χ3n) is 5.84. The van der Waals surface area contributed by atoms with E-state index in [9.17, 15) is 4.79 Å². The van der Waals surface area contributed by atoms with Gasteiger partial charge < -0.3 is 14.1 Å². The van der Waals surface area contributed by atoms with Crippen LogP contribution in [0.2, 0.25) is 0 Å². The Morgan fingerprint density at radius 1 is 1.32 bits per heavy atom. The number of benzene rings is 1. The van der Waals surface area contributed by atoms with Gasteiger partial charge in [-0.3, -0.25) is 9.48 Å². The number of methoxy groups -OCH3 is 1. The monoisotopic (exact) mass is 422 g/mol. The molecule has 0 saturated carbocycles. The fraction of sp³-hybridized carbons (Fsp3) is 0.458. The molecule has 1 unspecified atom stereocenters. The Kier molecular flexibility index (Phi) is 6.39. The number of hydrogen-bond donors (Lipinski definition) is 0. The third kappa shape index (κ3) is 4.65. The number of carbonyl (C=O) groups excluding carboxylic acids is 1. The molecule has 164 valence electrons. The van der Waals surface area contributed by atoms with Crippen molar-refractivity contribution in [3.8, 4) is 5.75 Å². The van der Waals surface area contributed by atoms with E-state index < -0.39 is 0 Å². The summed E-state index contributed by atoms with van der Waals surface area (Å²) in [7, 11) is 3.51. The molecule has 0 bridgehead atoms. The maximum absolute atomic E-state index is 13.1. The second-order valence-electron chi connectivity index (χ2n) is 8.14. The zero-order valence-electron chi connectivity index (χ0n) is 18.5. The van der Waals surface area contributed by atoms with Crippen LogP contribution in [-0.4, -0.2) is 45.8 Å². The van der Waals surface area contributed by atoms with E-state index >= 15 is 0 Å². The molecule has 7 heteroatoms. The average Bonchev–Trinajstić information content (AvgIpc) is 3.40. The molecule has 1 amide bonds. The molecule has 1 fully saturated rings. The molecule has 1 atom stereocenters. The Morgan fingerprint density at radius 2 is 2.16 bits per heavy atom. The van der Waals surface area contributed by atoms with E-state index in [2.05, 4.69) is 17.0 Å². The van der Waals surface area contributed by atoms with E-state index in [-0.39, 0.29) is 11.8 Å². The van der Waals surface area contributed by atoms with Gasteiger partial charge in [0.1, 0.15) is 17.2 Å². The Morgan fingerprint density at radius 3 is 2.97 bits per heavy atom. The molecule has 3 heterocycles. The van der Waals surface area contributed by atoms with Crippen molar-refractivity contribution >= 4 is 5.91 Å². The minimum atomic E-state index is 0.0304. The van der Waals surface area contributed by atoms with Gasteiger partial charge in [-0.2, -0.15) is 5.10 Å². The molecule has 1 aliphatic rings. The third-order valence-corrected chi connectivity index (χ3v) is 5.84. The summed E-state index contributed by atoms with van der Waals surface area (Å²) in [4.78, 5) is 19.6. The highest BCUT2D eigenvalue weighted by Crippen LogP contribution is 2.29. The molecule has 1 saturated heterocycles. The summed E-state index contributed by atoms with van der Waals surface area (Å²) >= 11 is 0. The van der Waals surface area contributed by atoms with Crippen molar-refractivity contribution in [3.05, 3.63) is 65.1 Å². The second-order valence-corrected chi connectivity index (χ2v) is 8.14. The van der Waals surface area contributed by atoms with Crippen LogP contribution in [0.5, 0.6) is 5.75 Å². The van der Waals surface area contributed by atoms with E-state index in [4.69, 9.17) is 9.15 Å². The molecule has 0 spiro atoms. The van der Waals surface area contributed by atoms with Crippen LogP contribution in [0.1, 0.15) is 65.5 Å². The van der Waals surface area contributed by atoms with Gasteiger partial charge in [0.2, 0.25) is 0 Å². The lowest BCUT2D eigenvalue weighted by atomic mass is 9.97. The highest BCUT2D eigenvalue weighted by molar-refractivity contribution is 5.92. The topological polar surface area (TPSA) is 73.4 Å². The minimum Gasteiger partial charge on any atom is -0.496 e. The normalized spacial score (nSPS) is 16.5. The van der Waals surface area contributed by atoms with Crippen molar-refractivity contribution in [1.29, 1.82) is 0 Å². The van der Waals surface area contributed by atoms with Gasteiger partial charge >= 0.3 is 0 Å². The molecule has 0 aliphatic carbocycles. The van der Waals surface area contributed by atoms with Gasteiger partial charge in [-0.05, 0) is 31.4 Å². The molecule has 0 N–H and O–H groups in total. The summed E-state index contributed by atoms with van der Waals surface area (Å²) < 4.78 is 13.2.